The number of carbonyl (C=O) groups excluding carboxylic acids is 1. The van der Waals surface area contributed by atoms with Crippen LogP contribution in [0.2, 0.25) is 5.02 Å². The quantitative estimate of drug-likeness (QED) is 0.524. The molecule has 2 aromatic carbocycles. The molecule has 0 spiro atoms. The lowest BCUT2D eigenvalue weighted by Gasteiger charge is -2.05. The lowest BCUT2D eigenvalue weighted by Crippen LogP contribution is -2.18. The van der Waals surface area contributed by atoms with Crippen molar-refractivity contribution in [2.24, 2.45) is 5.10 Å². The van der Waals surface area contributed by atoms with Crippen LogP contribution in [0.5, 0.6) is 5.75 Å². The van der Waals surface area contributed by atoms with Crippen molar-refractivity contribution < 1.29 is 9.53 Å². The highest BCUT2D eigenvalue weighted by molar-refractivity contribution is 6.33. The molecule has 0 aromatic heterocycles. The summed E-state index contributed by atoms with van der Waals surface area (Å²) >= 11 is 5.95. The molecule has 4 nitrogen and oxygen atoms in total. The summed E-state index contributed by atoms with van der Waals surface area (Å²) in [6, 6.07) is 14.0. The maximum Gasteiger partial charge on any atom is 0.272 e. The molecule has 2 aromatic rings. The van der Waals surface area contributed by atoms with E-state index in [1.54, 1.807) is 36.4 Å². The highest BCUT2D eigenvalue weighted by Crippen LogP contribution is 2.16. The fraction of sp³-hybridized carbons (Fsp3) is 0.0588. The smallest absolute Gasteiger partial charge is 0.272 e. The van der Waals surface area contributed by atoms with Crippen molar-refractivity contribution in [3.8, 4) is 18.1 Å². The van der Waals surface area contributed by atoms with Gasteiger partial charge in [-0.15, -0.1) is 6.42 Å². The number of amides is 1. The first-order chi connectivity index (χ1) is 10.7. The monoisotopic (exact) mass is 312 g/mol. The Kier molecular flexibility index (Phi) is 5.58. The maximum absolute atomic E-state index is 11.9. The molecule has 0 aliphatic heterocycles. The molecule has 22 heavy (non-hydrogen) atoms. The molecule has 0 saturated heterocycles. The number of terminal acetylenes is 1. The largest absolute Gasteiger partial charge is 0.480 e. The van der Waals surface area contributed by atoms with E-state index >= 15 is 0 Å². The van der Waals surface area contributed by atoms with Crippen LogP contribution in [0.4, 0.5) is 0 Å². The Hall–Kier alpha value is -2.77. The zero-order valence-electron chi connectivity index (χ0n) is 11.6. The molecular weight excluding hydrogens is 300 g/mol. The van der Waals surface area contributed by atoms with Crippen LogP contribution < -0.4 is 10.2 Å². The van der Waals surface area contributed by atoms with Crippen LogP contribution in [-0.2, 0) is 0 Å². The predicted octanol–water partition coefficient (Wildman–Crippen LogP) is 3.12. The van der Waals surface area contributed by atoms with Crippen LogP contribution in [0.15, 0.2) is 53.6 Å². The fourth-order valence-corrected chi connectivity index (χ4v) is 1.93. The van der Waals surface area contributed by atoms with Crippen molar-refractivity contribution in [1.29, 1.82) is 0 Å². The number of carbonyl (C=O) groups is 1. The molecule has 0 radical (unpaired) electrons. The van der Waals surface area contributed by atoms with Gasteiger partial charge in [0.2, 0.25) is 0 Å². The van der Waals surface area contributed by atoms with Gasteiger partial charge in [-0.05, 0) is 24.3 Å². The highest BCUT2D eigenvalue weighted by atomic mass is 35.5. The number of nitrogens with one attached hydrogen (secondary N) is 1. The Bertz CT molecular complexity index is 735. The summed E-state index contributed by atoms with van der Waals surface area (Å²) in [6.07, 6.45) is 6.65. The van der Waals surface area contributed by atoms with E-state index in [9.17, 15) is 4.79 Å². The van der Waals surface area contributed by atoms with Crippen LogP contribution in [0.25, 0.3) is 0 Å². The Morgan fingerprint density at radius 2 is 2.00 bits per heavy atom. The van der Waals surface area contributed by atoms with Gasteiger partial charge in [-0.3, -0.25) is 4.79 Å². The third-order valence-corrected chi connectivity index (χ3v) is 3.05. The van der Waals surface area contributed by atoms with Crippen molar-refractivity contribution in [1.82, 2.24) is 5.43 Å². The van der Waals surface area contributed by atoms with Gasteiger partial charge in [-0.2, -0.15) is 5.10 Å². The first-order valence-corrected chi connectivity index (χ1v) is 6.83. The molecule has 1 N–H and O–H groups in total. The van der Waals surface area contributed by atoms with Crippen molar-refractivity contribution in [2.75, 3.05) is 6.61 Å². The van der Waals surface area contributed by atoms with Gasteiger partial charge in [-0.25, -0.2) is 5.43 Å². The van der Waals surface area contributed by atoms with Crippen LogP contribution in [0, 0.1) is 12.3 Å². The van der Waals surface area contributed by atoms with E-state index in [4.69, 9.17) is 22.8 Å². The summed E-state index contributed by atoms with van der Waals surface area (Å²) in [6.45, 7) is 0.164. The molecule has 0 aliphatic rings. The van der Waals surface area contributed by atoms with E-state index in [0.29, 0.717) is 21.9 Å². The van der Waals surface area contributed by atoms with Gasteiger partial charge < -0.3 is 4.74 Å². The molecule has 0 unspecified atom stereocenters. The van der Waals surface area contributed by atoms with Gasteiger partial charge in [0.05, 0.1) is 16.8 Å². The molecule has 0 fully saturated rings. The minimum absolute atomic E-state index is 0.164. The summed E-state index contributed by atoms with van der Waals surface area (Å²) in [4.78, 5) is 11.9. The normalized spacial score (nSPS) is 10.2. The molecule has 0 bridgehead atoms. The fourth-order valence-electron chi connectivity index (χ4n) is 1.70. The van der Waals surface area contributed by atoms with E-state index in [0.717, 1.165) is 0 Å². The number of hydrogen-bond donors (Lipinski definition) is 1. The number of hydrazone groups is 1. The van der Waals surface area contributed by atoms with Crippen LogP contribution in [0.3, 0.4) is 0 Å². The SMILES string of the molecule is C#CCOc1ccccc1/C=N/NC(=O)c1ccccc1Cl. The van der Waals surface area contributed by atoms with Crippen molar-refractivity contribution >= 4 is 23.7 Å². The highest BCUT2D eigenvalue weighted by Gasteiger charge is 2.08. The molecule has 0 heterocycles. The Balaban J connectivity index is 2.06. The summed E-state index contributed by atoms with van der Waals surface area (Å²) in [5.74, 6) is 2.60. The summed E-state index contributed by atoms with van der Waals surface area (Å²) < 4.78 is 5.39. The molecule has 2 rings (SSSR count). The van der Waals surface area contributed by atoms with E-state index in [-0.39, 0.29) is 12.5 Å². The average Bonchev–Trinajstić information content (AvgIpc) is 2.54. The van der Waals surface area contributed by atoms with E-state index < -0.39 is 0 Å². The summed E-state index contributed by atoms with van der Waals surface area (Å²) in [7, 11) is 0. The Morgan fingerprint density at radius 3 is 2.77 bits per heavy atom. The average molecular weight is 313 g/mol. The van der Waals surface area contributed by atoms with Gasteiger partial charge in [-0.1, -0.05) is 41.8 Å². The van der Waals surface area contributed by atoms with Crippen molar-refractivity contribution in [3.63, 3.8) is 0 Å². The van der Waals surface area contributed by atoms with Crippen LogP contribution in [0.1, 0.15) is 15.9 Å². The second-order valence-electron chi connectivity index (χ2n) is 4.21. The third kappa shape index (κ3) is 4.11. The van der Waals surface area contributed by atoms with Gasteiger partial charge in [0.1, 0.15) is 12.4 Å². The molecule has 110 valence electrons. The zero-order valence-corrected chi connectivity index (χ0v) is 12.4. The second kappa shape index (κ2) is 7.87. The van der Waals surface area contributed by atoms with E-state index in [1.165, 1.54) is 6.21 Å². The minimum Gasteiger partial charge on any atom is -0.480 e. The number of rotatable bonds is 5. The molecule has 1 amide bonds. The van der Waals surface area contributed by atoms with E-state index in [2.05, 4.69) is 16.4 Å². The standard InChI is InChI=1S/C17H13ClN2O2/c1-2-11-22-16-10-6-3-7-13(16)12-19-20-17(21)14-8-4-5-9-15(14)18/h1,3-10,12H,11H2,(H,20,21)/b19-12+. The zero-order chi connectivity index (χ0) is 15.8. The number of ether oxygens (including phenoxy) is 1. The van der Waals surface area contributed by atoms with Gasteiger partial charge >= 0.3 is 0 Å². The van der Waals surface area contributed by atoms with Gasteiger partial charge in [0.15, 0.2) is 0 Å². The molecule has 0 aliphatic carbocycles. The third-order valence-electron chi connectivity index (χ3n) is 2.72. The van der Waals surface area contributed by atoms with E-state index in [1.807, 2.05) is 12.1 Å². The lowest BCUT2D eigenvalue weighted by atomic mass is 10.2. The number of halogens is 1. The maximum atomic E-state index is 11.9. The summed E-state index contributed by atoms with van der Waals surface area (Å²) in [5, 5.41) is 4.28. The van der Waals surface area contributed by atoms with Gasteiger partial charge in [0.25, 0.3) is 5.91 Å². The molecule has 5 heteroatoms. The van der Waals surface area contributed by atoms with Gasteiger partial charge in [0, 0.05) is 5.56 Å². The summed E-state index contributed by atoms with van der Waals surface area (Å²) in [5.41, 5.74) is 3.49. The minimum atomic E-state index is -0.385. The van der Waals surface area contributed by atoms with Crippen molar-refractivity contribution in [3.05, 3.63) is 64.7 Å². The molecular formula is C17H13ClN2O2. The molecule has 0 saturated carbocycles. The first-order valence-electron chi connectivity index (χ1n) is 6.45. The first kappa shape index (κ1) is 15.6. The second-order valence-corrected chi connectivity index (χ2v) is 4.62. The van der Waals surface area contributed by atoms with Crippen molar-refractivity contribution in [2.45, 2.75) is 0 Å². The lowest BCUT2D eigenvalue weighted by molar-refractivity contribution is 0.0955. The number of para-hydroxylation sites is 1. The number of nitrogens with zero attached hydrogens (tertiary/aromatic N) is 1. The Labute approximate surface area is 133 Å². The van der Waals surface area contributed by atoms with Crippen LogP contribution in [-0.4, -0.2) is 18.7 Å². The predicted molar refractivity (Wildman–Crippen MR) is 87.3 cm³/mol. The number of benzene rings is 2. The number of hydrogen-bond acceptors (Lipinski definition) is 3. The topological polar surface area (TPSA) is 50.7 Å². The Morgan fingerprint density at radius 1 is 1.27 bits per heavy atom. The van der Waals surface area contributed by atoms with Crippen LogP contribution >= 0.6 is 11.6 Å². The molecule has 0 atom stereocenters.